The van der Waals surface area contributed by atoms with Crippen molar-refractivity contribution < 1.29 is 5.11 Å². The fourth-order valence-corrected chi connectivity index (χ4v) is 1.72. The molecular weight excluding hydrogens is 164 g/mol. The summed E-state index contributed by atoms with van der Waals surface area (Å²) in [6, 6.07) is 0.214. The van der Waals surface area contributed by atoms with Gasteiger partial charge in [0, 0.05) is 12.6 Å². The first kappa shape index (κ1) is 11.0. The van der Waals surface area contributed by atoms with E-state index in [-0.39, 0.29) is 12.1 Å². The third-order valence-electron chi connectivity index (χ3n) is 2.94. The Kier molecular flexibility index (Phi) is 4.16. The number of hydrogen-bond acceptors (Lipinski definition) is 3. The first-order chi connectivity index (χ1) is 6.09. The third kappa shape index (κ3) is 3.63. The van der Waals surface area contributed by atoms with Gasteiger partial charge in [-0.25, -0.2) is 0 Å². The van der Waals surface area contributed by atoms with Crippen LogP contribution in [0.15, 0.2) is 0 Å². The number of aliphatic hydroxyl groups is 1. The number of hydrogen-bond donors (Lipinski definition) is 2. The van der Waals surface area contributed by atoms with E-state index in [1.165, 1.54) is 19.5 Å². The van der Waals surface area contributed by atoms with Crippen LogP contribution in [0.4, 0.5) is 0 Å². The largest absolute Gasteiger partial charge is 0.392 e. The molecule has 0 saturated carbocycles. The van der Waals surface area contributed by atoms with Gasteiger partial charge in [0.05, 0.1) is 6.10 Å². The lowest BCUT2D eigenvalue weighted by atomic mass is 10.1. The van der Waals surface area contributed by atoms with E-state index in [9.17, 15) is 5.11 Å². The van der Waals surface area contributed by atoms with Crippen molar-refractivity contribution in [2.45, 2.75) is 32.4 Å². The van der Waals surface area contributed by atoms with Crippen LogP contribution in [0, 0.1) is 5.92 Å². The minimum atomic E-state index is -0.251. The van der Waals surface area contributed by atoms with Crippen LogP contribution in [0.25, 0.3) is 0 Å². The van der Waals surface area contributed by atoms with E-state index in [1.807, 2.05) is 13.8 Å². The van der Waals surface area contributed by atoms with E-state index in [2.05, 4.69) is 17.3 Å². The normalized spacial score (nSPS) is 29.1. The van der Waals surface area contributed by atoms with Crippen LogP contribution in [0.1, 0.15) is 20.3 Å². The summed E-state index contributed by atoms with van der Waals surface area (Å²) in [4.78, 5) is 2.36. The smallest absolute Gasteiger partial charge is 0.0662 e. The molecule has 78 valence electrons. The second kappa shape index (κ2) is 4.94. The fourth-order valence-electron chi connectivity index (χ4n) is 1.72. The van der Waals surface area contributed by atoms with Gasteiger partial charge in [0.1, 0.15) is 0 Å². The summed E-state index contributed by atoms with van der Waals surface area (Å²) >= 11 is 0. The van der Waals surface area contributed by atoms with Gasteiger partial charge in [-0.15, -0.1) is 0 Å². The molecule has 0 amide bonds. The van der Waals surface area contributed by atoms with Gasteiger partial charge in [-0.05, 0) is 46.3 Å². The summed E-state index contributed by atoms with van der Waals surface area (Å²) in [5.41, 5.74) is 0. The molecule has 0 aromatic rings. The fraction of sp³-hybridized carbons (Fsp3) is 1.00. The average Bonchev–Trinajstić information content (AvgIpc) is 2.47. The molecule has 1 rings (SSSR count). The van der Waals surface area contributed by atoms with E-state index in [4.69, 9.17) is 0 Å². The van der Waals surface area contributed by atoms with Gasteiger partial charge in [0.25, 0.3) is 0 Å². The van der Waals surface area contributed by atoms with Gasteiger partial charge in [-0.2, -0.15) is 0 Å². The topological polar surface area (TPSA) is 35.5 Å². The van der Waals surface area contributed by atoms with Crippen molar-refractivity contribution >= 4 is 0 Å². The Balaban J connectivity index is 2.12. The van der Waals surface area contributed by atoms with Crippen LogP contribution < -0.4 is 5.32 Å². The molecule has 0 spiro atoms. The summed E-state index contributed by atoms with van der Waals surface area (Å²) in [5, 5.41) is 12.6. The minimum absolute atomic E-state index is 0.214. The van der Waals surface area contributed by atoms with E-state index in [1.54, 1.807) is 0 Å². The molecule has 1 aliphatic heterocycles. The minimum Gasteiger partial charge on any atom is -0.392 e. The van der Waals surface area contributed by atoms with Crippen LogP contribution in [0.3, 0.4) is 0 Å². The quantitative estimate of drug-likeness (QED) is 0.663. The van der Waals surface area contributed by atoms with E-state index in [0.29, 0.717) is 0 Å². The van der Waals surface area contributed by atoms with Gasteiger partial charge in [0.2, 0.25) is 0 Å². The zero-order valence-electron chi connectivity index (χ0n) is 8.95. The van der Waals surface area contributed by atoms with Crippen LogP contribution >= 0.6 is 0 Å². The van der Waals surface area contributed by atoms with Gasteiger partial charge in [0.15, 0.2) is 0 Å². The van der Waals surface area contributed by atoms with Gasteiger partial charge < -0.3 is 15.3 Å². The highest BCUT2D eigenvalue weighted by atomic mass is 16.3. The van der Waals surface area contributed by atoms with Gasteiger partial charge >= 0.3 is 0 Å². The molecule has 0 aromatic carbocycles. The molecule has 2 N–H and O–H groups in total. The predicted molar refractivity (Wildman–Crippen MR) is 54.7 cm³/mol. The Hall–Kier alpha value is -0.120. The Morgan fingerprint density at radius 1 is 1.54 bits per heavy atom. The van der Waals surface area contributed by atoms with Crippen LogP contribution in [-0.4, -0.2) is 48.8 Å². The standard InChI is InChI=1S/C10H22N2O/c1-8(9(2)13)11-6-10-4-5-12(3)7-10/h8-11,13H,4-7H2,1-3H3. The molecule has 1 saturated heterocycles. The summed E-state index contributed by atoms with van der Waals surface area (Å²) < 4.78 is 0. The Labute approximate surface area is 81.1 Å². The van der Waals surface area contributed by atoms with Crippen molar-refractivity contribution in [1.29, 1.82) is 0 Å². The second-order valence-corrected chi connectivity index (χ2v) is 4.35. The lowest BCUT2D eigenvalue weighted by Gasteiger charge is -2.19. The first-order valence-electron chi connectivity index (χ1n) is 5.19. The number of likely N-dealkylation sites (tertiary alicyclic amines) is 1. The zero-order valence-corrected chi connectivity index (χ0v) is 8.95. The van der Waals surface area contributed by atoms with Gasteiger partial charge in [-0.1, -0.05) is 0 Å². The van der Waals surface area contributed by atoms with Gasteiger partial charge in [-0.3, -0.25) is 0 Å². The molecule has 0 radical (unpaired) electrons. The van der Waals surface area contributed by atoms with Crippen LogP contribution in [-0.2, 0) is 0 Å². The molecule has 13 heavy (non-hydrogen) atoms. The molecule has 0 aliphatic carbocycles. The highest BCUT2D eigenvalue weighted by Gasteiger charge is 2.20. The molecule has 0 bridgehead atoms. The molecule has 0 aromatic heterocycles. The molecule has 3 unspecified atom stereocenters. The number of rotatable bonds is 4. The van der Waals surface area contributed by atoms with Crippen molar-refractivity contribution in [1.82, 2.24) is 10.2 Å². The summed E-state index contributed by atoms with van der Waals surface area (Å²) in [6.07, 6.45) is 1.04. The van der Waals surface area contributed by atoms with Crippen molar-refractivity contribution in [3.05, 3.63) is 0 Å². The number of nitrogens with one attached hydrogen (secondary N) is 1. The Morgan fingerprint density at radius 2 is 2.23 bits per heavy atom. The highest BCUT2D eigenvalue weighted by Crippen LogP contribution is 2.13. The molecule has 3 nitrogen and oxygen atoms in total. The molecule has 1 fully saturated rings. The lowest BCUT2D eigenvalue weighted by Crippen LogP contribution is -2.38. The maximum atomic E-state index is 9.27. The second-order valence-electron chi connectivity index (χ2n) is 4.35. The maximum absolute atomic E-state index is 9.27. The monoisotopic (exact) mass is 186 g/mol. The molecule has 1 heterocycles. The van der Waals surface area contributed by atoms with Crippen molar-refractivity contribution in [2.75, 3.05) is 26.7 Å². The van der Waals surface area contributed by atoms with Crippen molar-refractivity contribution in [3.63, 3.8) is 0 Å². The average molecular weight is 186 g/mol. The third-order valence-corrected chi connectivity index (χ3v) is 2.94. The van der Waals surface area contributed by atoms with Crippen LogP contribution in [0.5, 0.6) is 0 Å². The molecule has 3 heteroatoms. The summed E-state index contributed by atoms with van der Waals surface area (Å²) in [6.45, 7) is 7.31. The number of nitrogens with zero attached hydrogens (tertiary/aromatic N) is 1. The maximum Gasteiger partial charge on any atom is 0.0662 e. The molecule has 3 atom stereocenters. The SMILES string of the molecule is CC(O)C(C)NCC1CCN(C)C1. The summed E-state index contributed by atoms with van der Waals surface area (Å²) in [7, 11) is 2.16. The predicted octanol–water partition coefficient (Wildman–Crippen LogP) is 0.297. The molecule has 1 aliphatic rings. The highest BCUT2D eigenvalue weighted by molar-refractivity contribution is 4.77. The zero-order chi connectivity index (χ0) is 9.84. The van der Waals surface area contributed by atoms with E-state index in [0.717, 1.165) is 12.5 Å². The summed E-state index contributed by atoms with van der Waals surface area (Å²) in [5.74, 6) is 0.770. The van der Waals surface area contributed by atoms with E-state index >= 15 is 0 Å². The van der Waals surface area contributed by atoms with Crippen LogP contribution in [0.2, 0.25) is 0 Å². The lowest BCUT2D eigenvalue weighted by molar-refractivity contribution is 0.150. The Morgan fingerprint density at radius 3 is 2.69 bits per heavy atom. The van der Waals surface area contributed by atoms with Crippen molar-refractivity contribution in [2.24, 2.45) is 5.92 Å². The first-order valence-corrected chi connectivity index (χ1v) is 5.19. The number of aliphatic hydroxyl groups excluding tert-OH is 1. The van der Waals surface area contributed by atoms with E-state index < -0.39 is 0 Å². The Bertz CT molecular complexity index is 150. The molecular formula is C10H22N2O. The van der Waals surface area contributed by atoms with Crippen molar-refractivity contribution in [3.8, 4) is 0 Å².